The molecule has 0 amide bonds. The fraction of sp³-hybridized carbons (Fsp3) is 0. The summed E-state index contributed by atoms with van der Waals surface area (Å²) in [6.45, 7) is 0. The van der Waals surface area contributed by atoms with E-state index in [0.29, 0.717) is 0 Å². The van der Waals surface area contributed by atoms with E-state index in [1.165, 1.54) is 0 Å². The standard InChI is InChI=1S/4C6H6S.2CH3.2O.2Re/c4*7-6-4-2-1-3-5-6;;;;;;/h4*1-5,7H;2*1H3;;;;/q;;;;2*-1;;-1;;/p-4. The van der Waals surface area contributed by atoms with Crippen molar-refractivity contribution in [1.82, 2.24) is 0 Å². The van der Waals surface area contributed by atoms with Gasteiger partial charge in [0, 0.05) is 20.4 Å². The SMILES string of the molecule is [CH3-].[CH3-].[O]=[Re][O-].[Re].[S-]c1ccccc1.[S-]c1ccccc1.[S-]c1ccccc1.[S-]c1ccccc1. The van der Waals surface area contributed by atoms with Crippen LogP contribution in [-0.2, 0) is 92.7 Å². The molecular formula is C26H26O2Re2S4-7. The number of hydrogen-bond acceptors (Lipinski definition) is 6. The van der Waals surface area contributed by atoms with E-state index < -0.39 is 18.3 Å². The molecule has 0 spiro atoms. The quantitative estimate of drug-likeness (QED) is 0.161. The molecule has 0 aliphatic rings. The third-order valence-electron chi connectivity index (χ3n) is 2.97. The minimum absolute atomic E-state index is 0. The van der Waals surface area contributed by atoms with Gasteiger partial charge in [-0.3, -0.25) is 0 Å². The minimum Gasteiger partial charge on any atom is -0.780 e. The Morgan fingerprint density at radius 1 is 0.441 bits per heavy atom. The molecule has 0 saturated heterocycles. The summed E-state index contributed by atoms with van der Waals surface area (Å²) >= 11 is 17.1. The van der Waals surface area contributed by atoms with Crippen LogP contribution >= 0.6 is 0 Å². The van der Waals surface area contributed by atoms with Crippen LogP contribution in [0.25, 0.3) is 0 Å². The summed E-state index contributed by atoms with van der Waals surface area (Å²) in [4.78, 5) is 3.62. The average molecular weight is 871 g/mol. The first-order valence-corrected chi connectivity index (χ1v) is 12.6. The van der Waals surface area contributed by atoms with Gasteiger partial charge in [-0.15, -0.1) is 0 Å². The Balaban J connectivity index is -0.000000165. The van der Waals surface area contributed by atoms with E-state index in [-0.39, 0.29) is 35.3 Å². The predicted molar refractivity (Wildman–Crippen MR) is 142 cm³/mol. The summed E-state index contributed by atoms with van der Waals surface area (Å²) in [7, 11) is 0. The molecule has 0 fully saturated rings. The summed E-state index contributed by atoms with van der Waals surface area (Å²) in [5.74, 6) is 0. The Hall–Kier alpha value is -1.16. The van der Waals surface area contributed by atoms with Crippen LogP contribution in [0.15, 0.2) is 141 Å². The molecule has 0 unspecified atom stereocenters. The van der Waals surface area contributed by atoms with Gasteiger partial charge in [0.1, 0.15) is 0 Å². The first-order chi connectivity index (χ1) is 15.0. The van der Waals surface area contributed by atoms with E-state index in [0.717, 1.165) is 19.6 Å². The van der Waals surface area contributed by atoms with Crippen molar-refractivity contribution in [3.63, 3.8) is 0 Å². The summed E-state index contributed by atoms with van der Waals surface area (Å²) in [5.41, 5.74) is 0. The molecule has 0 aromatic heterocycles. The van der Waals surface area contributed by atoms with Crippen molar-refractivity contribution < 1.29 is 46.0 Å². The number of benzene rings is 4. The van der Waals surface area contributed by atoms with Crippen LogP contribution < -0.4 is 3.83 Å². The topological polar surface area (TPSA) is 40.1 Å². The van der Waals surface area contributed by atoms with Gasteiger partial charge < -0.3 is 65.4 Å². The molecule has 187 valence electrons. The minimum atomic E-state index is -2.17. The molecule has 0 N–H and O–H groups in total. The normalized spacial score (nSPS) is 7.56. The van der Waals surface area contributed by atoms with Gasteiger partial charge in [0.25, 0.3) is 0 Å². The largest absolute Gasteiger partial charge is 0.780 e. The van der Waals surface area contributed by atoms with Gasteiger partial charge in [0.05, 0.1) is 0 Å². The van der Waals surface area contributed by atoms with Crippen LogP contribution in [0.1, 0.15) is 0 Å². The molecule has 0 atom stereocenters. The molecule has 4 rings (SSSR count). The molecular weight excluding hydrogens is 845 g/mol. The molecule has 2 nitrogen and oxygen atoms in total. The van der Waals surface area contributed by atoms with E-state index in [4.69, 9.17) is 57.8 Å². The van der Waals surface area contributed by atoms with Gasteiger partial charge in [-0.1, -0.05) is 121 Å². The van der Waals surface area contributed by atoms with E-state index >= 15 is 0 Å². The third kappa shape index (κ3) is 28.9. The summed E-state index contributed by atoms with van der Waals surface area (Å²) in [6.07, 6.45) is 0. The van der Waals surface area contributed by atoms with Crippen molar-refractivity contribution in [3.05, 3.63) is 136 Å². The van der Waals surface area contributed by atoms with Crippen LogP contribution in [0.5, 0.6) is 0 Å². The van der Waals surface area contributed by atoms with E-state index in [9.17, 15) is 0 Å². The molecule has 0 aliphatic heterocycles. The number of rotatable bonds is 0. The van der Waals surface area contributed by atoms with Crippen LogP contribution in [-0.4, -0.2) is 0 Å². The van der Waals surface area contributed by atoms with Gasteiger partial charge in [0.15, 0.2) is 0 Å². The molecule has 8 heteroatoms. The maximum Gasteiger partial charge on any atom is 0 e. The van der Waals surface area contributed by atoms with E-state index in [2.05, 4.69) is 0 Å². The molecule has 4 aromatic carbocycles. The van der Waals surface area contributed by atoms with Crippen LogP contribution in [0.2, 0.25) is 0 Å². The second-order valence-electron chi connectivity index (χ2n) is 5.32. The zero-order valence-electron chi connectivity index (χ0n) is 18.8. The van der Waals surface area contributed by atoms with E-state index in [1.54, 1.807) is 0 Å². The summed E-state index contributed by atoms with van der Waals surface area (Å²) in [5, 5.41) is 0. The zero-order valence-corrected chi connectivity index (χ0v) is 27.5. The van der Waals surface area contributed by atoms with Crippen molar-refractivity contribution in [1.29, 1.82) is 0 Å². The zero-order chi connectivity index (χ0) is 23.2. The average Bonchev–Trinajstić information content (AvgIpc) is 2.78. The second kappa shape index (κ2) is 29.9. The molecule has 0 heterocycles. The third-order valence-corrected chi connectivity index (χ3v) is 4.06. The first kappa shape index (κ1) is 40.0. The van der Waals surface area contributed by atoms with Gasteiger partial charge in [-0.05, 0) is 0 Å². The van der Waals surface area contributed by atoms with Crippen molar-refractivity contribution in [3.8, 4) is 0 Å². The Morgan fingerprint density at radius 2 is 0.559 bits per heavy atom. The van der Waals surface area contributed by atoms with Crippen molar-refractivity contribution in [2.45, 2.75) is 19.6 Å². The Kier molecular flexibility index (Phi) is 35.2. The Bertz CT molecular complexity index is 753. The Labute approximate surface area is 250 Å². The van der Waals surface area contributed by atoms with Crippen molar-refractivity contribution in [2.24, 2.45) is 0 Å². The molecule has 0 bridgehead atoms. The molecule has 34 heavy (non-hydrogen) atoms. The summed E-state index contributed by atoms with van der Waals surface area (Å²) in [6, 6.07) is 38.5. The summed E-state index contributed by atoms with van der Waals surface area (Å²) < 4.78 is 17.1. The van der Waals surface area contributed by atoms with Gasteiger partial charge in [-0.25, -0.2) is 0 Å². The van der Waals surface area contributed by atoms with Crippen LogP contribution in [0, 0.1) is 14.9 Å². The van der Waals surface area contributed by atoms with Gasteiger partial charge >= 0.3 is 25.6 Å². The smallest absolute Gasteiger partial charge is 0 e. The van der Waals surface area contributed by atoms with Gasteiger partial charge in [-0.2, -0.15) is 19.6 Å². The van der Waals surface area contributed by atoms with Crippen LogP contribution in [0.3, 0.4) is 0 Å². The van der Waals surface area contributed by atoms with Crippen LogP contribution in [0.4, 0.5) is 0 Å². The molecule has 4 aromatic rings. The second-order valence-corrected chi connectivity index (χ2v) is 7.65. The fourth-order valence-electron chi connectivity index (χ4n) is 1.68. The maximum absolute atomic E-state index is 8.53. The molecule has 0 aliphatic carbocycles. The van der Waals surface area contributed by atoms with Gasteiger partial charge in [0.2, 0.25) is 0 Å². The monoisotopic (exact) mass is 872 g/mol. The molecule has 1 radical (unpaired) electrons. The van der Waals surface area contributed by atoms with Crippen molar-refractivity contribution >= 4 is 50.5 Å². The first-order valence-electron chi connectivity index (χ1n) is 8.77. The predicted octanol–water partition coefficient (Wildman–Crippen LogP) is 5.96. The maximum atomic E-state index is 8.53. The number of hydrogen-bond donors (Lipinski definition) is 0. The fourth-order valence-corrected chi connectivity index (χ4v) is 2.31. The molecule has 0 saturated carbocycles. The van der Waals surface area contributed by atoms with Crippen molar-refractivity contribution in [2.75, 3.05) is 0 Å². The Morgan fingerprint density at radius 3 is 0.618 bits per heavy atom. The van der Waals surface area contributed by atoms with E-state index in [1.807, 2.05) is 121 Å².